The van der Waals surface area contributed by atoms with Crippen molar-refractivity contribution in [3.8, 4) is 0 Å². The third-order valence-corrected chi connectivity index (χ3v) is 2.44. The van der Waals surface area contributed by atoms with E-state index < -0.39 is 9.54 Å². The number of hydrogen-bond donors (Lipinski definition) is 0. The summed E-state index contributed by atoms with van der Waals surface area (Å²) in [5, 5.41) is 0. The second-order valence-corrected chi connectivity index (χ2v) is 6.99. The van der Waals surface area contributed by atoms with Crippen LogP contribution in [0.2, 0.25) is 0 Å². The van der Waals surface area contributed by atoms with Crippen molar-refractivity contribution in [2.75, 3.05) is 13.2 Å². The first-order valence-electron chi connectivity index (χ1n) is 6.12. The van der Waals surface area contributed by atoms with E-state index in [9.17, 15) is 0 Å². The first-order valence-corrected chi connectivity index (χ1v) is 8.00. The Morgan fingerprint density at radius 1 is 0.684 bits per heavy atom. The van der Waals surface area contributed by atoms with Gasteiger partial charge in [0.2, 0.25) is 0 Å². The van der Waals surface area contributed by atoms with E-state index in [1.807, 2.05) is 0 Å². The number of hydrogen-bond acceptors (Lipinski definition) is 6. The molecule has 0 aromatic rings. The standard InChI is InChI=1S/2C6H14OS2.Pt/c2*1-5(2)3-4-7-6(8)9;/h2*5-6,8-9H,3-4H2,1-2H3;/q;;+4/p-4. The van der Waals surface area contributed by atoms with E-state index in [4.69, 9.17) is 9.47 Å². The van der Waals surface area contributed by atoms with E-state index in [0.29, 0.717) is 25.0 Å². The van der Waals surface area contributed by atoms with Gasteiger partial charge in [0.05, 0.1) is 0 Å². The summed E-state index contributed by atoms with van der Waals surface area (Å²) in [6.07, 6.45) is 2.09. The Kier molecular flexibility index (Phi) is 24.6. The minimum Gasteiger partial charge on any atom is -0.788 e. The summed E-state index contributed by atoms with van der Waals surface area (Å²) in [5.41, 5.74) is 0. The molecule has 0 saturated carbocycles. The van der Waals surface area contributed by atoms with E-state index >= 15 is 0 Å². The summed E-state index contributed by atoms with van der Waals surface area (Å²) in [6, 6.07) is 0. The fourth-order valence-corrected chi connectivity index (χ4v) is 1.18. The van der Waals surface area contributed by atoms with Crippen molar-refractivity contribution in [1.82, 2.24) is 0 Å². The molecule has 0 aliphatic carbocycles. The number of ether oxygens (including phenoxy) is 2. The van der Waals surface area contributed by atoms with Crippen LogP contribution in [-0.4, -0.2) is 22.7 Å². The molecule has 0 bridgehead atoms. The van der Waals surface area contributed by atoms with Gasteiger partial charge in [-0.15, -0.1) is 0 Å². The second-order valence-electron chi connectivity index (χ2n) is 4.68. The van der Waals surface area contributed by atoms with Gasteiger partial charge in [0, 0.05) is 13.2 Å². The normalized spacial score (nSPS) is 10.7. The van der Waals surface area contributed by atoms with Crippen LogP contribution in [0.4, 0.5) is 0 Å². The predicted octanol–water partition coefficient (Wildman–Crippen LogP) is 2.85. The van der Waals surface area contributed by atoms with Gasteiger partial charge in [-0.2, -0.15) is 9.54 Å². The van der Waals surface area contributed by atoms with Gasteiger partial charge >= 0.3 is 21.1 Å². The van der Waals surface area contributed by atoms with Crippen molar-refractivity contribution in [1.29, 1.82) is 0 Å². The molecule has 118 valence electrons. The average molecular weight is 524 g/mol. The smallest absolute Gasteiger partial charge is 0.788 e. The van der Waals surface area contributed by atoms with E-state index in [2.05, 4.69) is 78.2 Å². The van der Waals surface area contributed by atoms with Gasteiger partial charge in [-0.25, -0.2) is 0 Å². The zero-order chi connectivity index (χ0) is 14.6. The van der Waals surface area contributed by atoms with Crippen LogP contribution < -0.4 is 0 Å². The fraction of sp³-hybridized carbons (Fsp3) is 1.00. The zero-order valence-electron chi connectivity index (χ0n) is 11.9. The van der Waals surface area contributed by atoms with E-state index in [0.717, 1.165) is 12.8 Å². The maximum Gasteiger partial charge on any atom is 4.00 e. The summed E-state index contributed by atoms with van der Waals surface area (Å²) >= 11 is 18.5. The third kappa shape index (κ3) is 33.1. The monoisotopic (exact) mass is 523 g/mol. The molecule has 0 aliphatic rings. The Hall–Kier alpha value is 2.01. The molecule has 0 heterocycles. The minimum absolute atomic E-state index is 0. The molecule has 0 radical (unpaired) electrons. The quantitative estimate of drug-likeness (QED) is 0.453. The molecule has 0 atom stereocenters. The average Bonchev–Trinajstić information content (AvgIpc) is 2.15. The molecule has 0 fully saturated rings. The molecule has 7 heteroatoms. The predicted molar refractivity (Wildman–Crippen MR) is 87.9 cm³/mol. The Morgan fingerprint density at radius 3 is 1.11 bits per heavy atom. The fourth-order valence-electron chi connectivity index (χ4n) is 0.800. The maximum absolute atomic E-state index is 4.98. The molecular formula is C12H24O2PtS4. The summed E-state index contributed by atoms with van der Waals surface area (Å²) < 4.78 is 9.08. The van der Waals surface area contributed by atoms with Gasteiger partial charge in [-0.3, -0.25) is 0 Å². The van der Waals surface area contributed by atoms with Crippen LogP contribution in [0.1, 0.15) is 40.5 Å². The Morgan fingerprint density at radius 2 is 0.947 bits per heavy atom. The number of rotatable bonds is 8. The molecule has 2 nitrogen and oxygen atoms in total. The summed E-state index contributed by atoms with van der Waals surface area (Å²) in [7, 11) is 0. The molecule has 0 spiro atoms. The molecule has 0 aromatic carbocycles. The van der Waals surface area contributed by atoms with E-state index in [1.54, 1.807) is 0 Å². The minimum atomic E-state index is -0.441. The zero-order valence-corrected chi connectivity index (χ0v) is 17.4. The SMILES string of the molecule is CC(C)CCOC([S-])[S-].CC(C)CCOC([S-])[S-].[Pt+4]. The summed E-state index contributed by atoms with van der Waals surface area (Å²) in [4.78, 5) is 0. The van der Waals surface area contributed by atoms with Gasteiger partial charge in [0.25, 0.3) is 0 Å². The van der Waals surface area contributed by atoms with Crippen molar-refractivity contribution >= 4 is 50.5 Å². The molecule has 0 amide bonds. The summed E-state index contributed by atoms with van der Waals surface area (Å²) in [5.74, 6) is 1.35. The second kappa shape index (κ2) is 18.1. The molecule has 0 unspecified atom stereocenters. The molecule has 0 aliphatic heterocycles. The van der Waals surface area contributed by atoms with Gasteiger partial charge < -0.3 is 60.0 Å². The van der Waals surface area contributed by atoms with Crippen molar-refractivity contribution in [2.45, 2.75) is 50.1 Å². The first-order chi connectivity index (χ1) is 8.25. The largest absolute Gasteiger partial charge is 4.00 e. The van der Waals surface area contributed by atoms with Crippen molar-refractivity contribution in [3.63, 3.8) is 0 Å². The Bertz CT molecular complexity index is 136. The molecule has 0 aromatic heterocycles. The van der Waals surface area contributed by atoms with Crippen molar-refractivity contribution in [3.05, 3.63) is 0 Å². The van der Waals surface area contributed by atoms with E-state index in [1.165, 1.54) is 0 Å². The molecule has 0 rings (SSSR count). The van der Waals surface area contributed by atoms with Crippen LogP contribution in [0.25, 0.3) is 0 Å². The molecule has 0 N–H and O–H groups in total. The van der Waals surface area contributed by atoms with Gasteiger partial charge in [-0.05, 0) is 24.7 Å². The van der Waals surface area contributed by atoms with Crippen LogP contribution >= 0.6 is 0 Å². The molecule has 0 saturated heterocycles. The first kappa shape index (κ1) is 25.9. The van der Waals surface area contributed by atoms with Crippen LogP contribution in [0.5, 0.6) is 0 Å². The van der Waals surface area contributed by atoms with Gasteiger partial charge in [0.1, 0.15) is 0 Å². The molecule has 19 heavy (non-hydrogen) atoms. The molecular weight excluding hydrogens is 499 g/mol. The van der Waals surface area contributed by atoms with Gasteiger partial charge in [-0.1, -0.05) is 27.7 Å². The van der Waals surface area contributed by atoms with Gasteiger partial charge in [0.15, 0.2) is 0 Å². The van der Waals surface area contributed by atoms with Crippen LogP contribution in [0, 0.1) is 11.8 Å². The Balaban J connectivity index is -0.000000256. The van der Waals surface area contributed by atoms with Crippen LogP contribution in [-0.2, 0) is 81.1 Å². The van der Waals surface area contributed by atoms with Crippen LogP contribution in [0.15, 0.2) is 0 Å². The maximum atomic E-state index is 4.98. The topological polar surface area (TPSA) is 18.5 Å². The van der Waals surface area contributed by atoms with E-state index in [-0.39, 0.29) is 21.1 Å². The van der Waals surface area contributed by atoms with Crippen LogP contribution in [0.3, 0.4) is 0 Å². The summed E-state index contributed by atoms with van der Waals surface area (Å²) in [6.45, 7) is 9.98. The Labute approximate surface area is 155 Å². The van der Waals surface area contributed by atoms with Crippen molar-refractivity contribution in [2.24, 2.45) is 11.8 Å². The third-order valence-electron chi connectivity index (χ3n) is 1.90. The van der Waals surface area contributed by atoms with Crippen molar-refractivity contribution < 1.29 is 30.5 Å².